The van der Waals surface area contributed by atoms with Gasteiger partial charge in [0.25, 0.3) is 11.6 Å². The van der Waals surface area contributed by atoms with Crippen molar-refractivity contribution in [1.82, 2.24) is 5.43 Å². The van der Waals surface area contributed by atoms with Crippen LogP contribution in [-0.4, -0.2) is 37.8 Å². The molecular weight excluding hydrogens is 388 g/mol. The van der Waals surface area contributed by atoms with Crippen molar-refractivity contribution >= 4 is 34.3 Å². The minimum absolute atomic E-state index is 0.0145. The molecule has 0 aliphatic rings. The number of nitrogens with zero attached hydrogens (tertiary/aromatic N) is 2. The van der Waals surface area contributed by atoms with E-state index in [1.54, 1.807) is 0 Å². The number of anilines is 1. The first kappa shape index (κ1) is 20.6. The number of hydrogen-bond acceptors (Lipinski definition) is 7. The predicted octanol–water partition coefficient (Wildman–Crippen LogP) is 3.33. The molecule has 0 fully saturated rings. The molecule has 0 unspecified atom stereocenters. The van der Waals surface area contributed by atoms with Gasteiger partial charge in [-0.25, -0.2) is 5.43 Å². The average Bonchev–Trinajstić information content (AvgIpc) is 2.77. The van der Waals surface area contributed by atoms with Gasteiger partial charge in [-0.3, -0.25) is 14.9 Å². The number of hydrogen-bond donors (Lipinski definition) is 2. The smallest absolute Gasteiger partial charge is 0.282 e. The van der Waals surface area contributed by atoms with Crippen molar-refractivity contribution in [3.05, 3.63) is 70.3 Å². The Balaban J connectivity index is 1.68. The van der Waals surface area contributed by atoms with Crippen LogP contribution >= 0.6 is 0 Å². The Morgan fingerprint density at radius 1 is 1.10 bits per heavy atom. The van der Waals surface area contributed by atoms with Crippen LogP contribution in [0.25, 0.3) is 10.8 Å². The fourth-order valence-corrected chi connectivity index (χ4v) is 2.91. The fourth-order valence-electron chi connectivity index (χ4n) is 2.91. The molecule has 0 saturated heterocycles. The molecule has 3 aromatic rings. The van der Waals surface area contributed by atoms with Gasteiger partial charge in [0.1, 0.15) is 0 Å². The Labute approximate surface area is 172 Å². The third-order valence-electron chi connectivity index (χ3n) is 4.35. The Bertz CT molecular complexity index is 1110. The number of nitrogens with one attached hydrogen (secondary N) is 2. The highest BCUT2D eigenvalue weighted by Gasteiger charge is 2.18. The molecule has 0 bridgehead atoms. The molecule has 9 heteroatoms. The maximum atomic E-state index is 12.1. The summed E-state index contributed by atoms with van der Waals surface area (Å²) in [5, 5.41) is 20.3. The standard InChI is InChI=1S/C21H20N4O5/c1-29-19-10-15(18(25(27)28)11-20(19)30-2)12-23-24-21(26)13-22-17-9-5-7-14-6-3-4-8-16(14)17/h3-12,22H,13H2,1-2H3,(H,24,26)/b23-12-. The molecule has 30 heavy (non-hydrogen) atoms. The lowest BCUT2D eigenvalue weighted by molar-refractivity contribution is -0.385. The molecule has 9 nitrogen and oxygen atoms in total. The van der Waals surface area contributed by atoms with Crippen LogP contribution < -0.4 is 20.2 Å². The summed E-state index contributed by atoms with van der Waals surface area (Å²) < 4.78 is 10.2. The van der Waals surface area contributed by atoms with Gasteiger partial charge < -0.3 is 14.8 Å². The summed E-state index contributed by atoms with van der Waals surface area (Å²) in [6.07, 6.45) is 1.19. The molecule has 0 saturated carbocycles. The van der Waals surface area contributed by atoms with Gasteiger partial charge in [-0.1, -0.05) is 36.4 Å². The number of amides is 1. The zero-order valence-corrected chi connectivity index (χ0v) is 16.4. The largest absolute Gasteiger partial charge is 0.493 e. The van der Waals surface area contributed by atoms with Crippen molar-refractivity contribution in [3.63, 3.8) is 0 Å². The van der Waals surface area contributed by atoms with E-state index in [4.69, 9.17) is 9.47 Å². The lowest BCUT2D eigenvalue weighted by Crippen LogP contribution is -2.26. The van der Waals surface area contributed by atoms with Crippen molar-refractivity contribution in [2.24, 2.45) is 5.10 Å². The summed E-state index contributed by atoms with van der Waals surface area (Å²) in [6.45, 7) is -0.0145. The van der Waals surface area contributed by atoms with E-state index in [2.05, 4.69) is 15.8 Å². The van der Waals surface area contributed by atoms with Gasteiger partial charge in [0, 0.05) is 11.1 Å². The first-order valence-electron chi connectivity index (χ1n) is 8.97. The van der Waals surface area contributed by atoms with E-state index in [-0.39, 0.29) is 23.5 Å². The SMILES string of the molecule is COc1cc(/C=N\NC(=O)CNc2cccc3ccccc23)c([N+](=O)[O-])cc1OC. The van der Waals surface area contributed by atoms with Crippen molar-refractivity contribution in [2.45, 2.75) is 0 Å². The number of carbonyl (C=O) groups is 1. The second-order valence-corrected chi connectivity index (χ2v) is 6.20. The molecule has 0 atom stereocenters. The van der Waals surface area contributed by atoms with Crippen LogP contribution in [0.2, 0.25) is 0 Å². The topological polar surface area (TPSA) is 115 Å². The molecule has 154 valence electrons. The predicted molar refractivity (Wildman–Crippen MR) is 114 cm³/mol. The third-order valence-corrected chi connectivity index (χ3v) is 4.35. The summed E-state index contributed by atoms with van der Waals surface area (Å²) in [6, 6.07) is 16.2. The van der Waals surface area contributed by atoms with E-state index in [1.807, 2.05) is 42.5 Å². The second kappa shape index (κ2) is 9.37. The molecule has 2 N–H and O–H groups in total. The Morgan fingerprint density at radius 2 is 1.80 bits per heavy atom. The van der Waals surface area contributed by atoms with E-state index < -0.39 is 10.8 Å². The minimum atomic E-state index is -0.562. The molecular formula is C21H20N4O5. The molecule has 0 aromatic heterocycles. The van der Waals surface area contributed by atoms with Crippen LogP contribution in [0.4, 0.5) is 11.4 Å². The van der Waals surface area contributed by atoms with Crippen molar-refractivity contribution < 1.29 is 19.2 Å². The van der Waals surface area contributed by atoms with Crippen LogP contribution in [0.1, 0.15) is 5.56 Å². The van der Waals surface area contributed by atoms with Gasteiger partial charge in [-0.15, -0.1) is 0 Å². The third kappa shape index (κ3) is 4.64. The second-order valence-electron chi connectivity index (χ2n) is 6.20. The number of fused-ring (bicyclic) bond motifs is 1. The van der Waals surface area contributed by atoms with Crippen molar-refractivity contribution in [2.75, 3.05) is 26.1 Å². The molecule has 0 spiro atoms. The number of nitro groups is 1. The van der Waals surface area contributed by atoms with Gasteiger partial charge in [-0.2, -0.15) is 5.10 Å². The van der Waals surface area contributed by atoms with E-state index >= 15 is 0 Å². The molecule has 1 amide bonds. The zero-order chi connectivity index (χ0) is 21.5. The molecule has 0 heterocycles. The number of hydrazone groups is 1. The van der Waals surface area contributed by atoms with Gasteiger partial charge in [0.05, 0.1) is 43.5 Å². The van der Waals surface area contributed by atoms with Crippen molar-refractivity contribution in [3.8, 4) is 11.5 Å². The average molecular weight is 408 g/mol. The van der Waals surface area contributed by atoms with E-state index in [1.165, 1.54) is 32.6 Å². The Kier molecular flexibility index (Phi) is 6.43. The molecule has 0 aliphatic carbocycles. The van der Waals surface area contributed by atoms with Crippen LogP contribution in [-0.2, 0) is 4.79 Å². The highest BCUT2D eigenvalue weighted by atomic mass is 16.6. The number of nitro benzene ring substituents is 1. The summed E-state index contributed by atoms with van der Waals surface area (Å²) in [7, 11) is 2.81. The number of rotatable bonds is 8. The lowest BCUT2D eigenvalue weighted by Gasteiger charge is -2.09. The fraction of sp³-hybridized carbons (Fsp3) is 0.143. The maximum Gasteiger partial charge on any atom is 0.282 e. The van der Waals surface area contributed by atoms with Crippen LogP contribution in [0.5, 0.6) is 11.5 Å². The normalized spacial score (nSPS) is 10.7. The van der Waals surface area contributed by atoms with E-state index in [0.29, 0.717) is 5.75 Å². The molecule has 0 aliphatic heterocycles. The van der Waals surface area contributed by atoms with E-state index in [9.17, 15) is 14.9 Å². The van der Waals surface area contributed by atoms with Crippen molar-refractivity contribution in [1.29, 1.82) is 0 Å². The van der Waals surface area contributed by atoms with Crippen LogP contribution in [0.3, 0.4) is 0 Å². The zero-order valence-electron chi connectivity index (χ0n) is 16.4. The number of methoxy groups -OCH3 is 2. The number of benzene rings is 3. The monoisotopic (exact) mass is 408 g/mol. The molecule has 3 aromatic carbocycles. The first-order chi connectivity index (χ1) is 14.5. The number of carbonyl (C=O) groups excluding carboxylic acids is 1. The van der Waals surface area contributed by atoms with Gasteiger partial charge in [0.2, 0.25) is 0 Å². The van der Waals surface area contributed by atoms with E-state index in [0.717, 1.165) is 16.5 Å². The van der Waals surface area contributed by atoms with Crippen LogP contribution in [0.15, 0.2) is 59.7 Å². The van der Waals surface area contributed by atoms with Gasteiger partial charge in [-0.05, 0) is 17.5 Å². The number of ether oxygens (including phenoxy) is 2. The molecule has 3 rings (SSSR count). The first-order valence-corrected chi connectivity index (χ1v) is 8.97. The summed E-state index contributed by atoms with van der Waals surface area (Å²) in [5.74, 6) is 0.139. The van der Waals surface area contributed by atoms with Crippen LogP contribution in [0, 0.1) is 10.1 Å². The molecule has 0 radical (unpaired) electrons. The Hall–Kier alpha value is -4.14. The van der Waals surface area contributed by atoms with Gasteiger partial charge >= 0.3 is 0 Å². The lowest BCUT2D eigenvalue weighted by atomic mass is 10.1. The van der Waals surface area contributed by atoms with Gasteiger partial charge in [0.15, 0.2) is 11.5 Å². The highest BCUT2D eigenvalue weighted by Crippen LogP contribution is 2.33. The summed E-state index contributed by atoms with van der Waals surface area (Å²) in [4.78, 5) is 22.9. The highest BCUT2D eigenvalue weighted by molar-refractivity contribution is 5.95. The quantitative estimate of drug-likeness (QED) is 0.336. The maximum absolute atomic E-state index is 12.1. The summed E-state index contributed by atoms with van der Waals surface area (Å²) >= 11 is 0. The summed E-state index contributed by atoms with van der Waals surface area (Å²) in [5.41, 5.74) is 3.12. The minimum Gasteiger partial charge on any atom is -0.493 e. The Morgan fingerprint density at radius 3 is 2.53 bits per heavy atom.